The second kappa shape index (κ2) is 6.56. The molecule has 0 aliphatic heterocycles. The molecule has 0 saturated carbocycles. The van der Waals surface area contributed by atoms with Crippen molar-refractivity contribution in [3.8, 4) is 28.5 Å². The van der Waals surface area contributed by atoms with Gasteiger partial charge in [0.2, 0.25) is 0 Å². The SMILES string of the molecule is COc1ccc(-c2nc(-c3cccc(C)n3)nc3ccccc23)c(C)c1. The summed E-state index contributed by atoms with van der Waals surface area (Å²) in [6, 6.07) is 20.0. The van der Waals surface area contributed by atoms with E-state index in [4.69, 9.17) is 14.7 Å². The molecule has 0 aliphatic rings. The topological polar surface area (TPSA) is 47.9 Å². The van der Waals surface area contributed by atoms with E-state index < -0.39 is 0 Å². The van der Waals surface area contributed by atoms with E-state index in [0.717, 1.165) is 44.9 Å². The fourth-order valence-corrected chi connectivity index (χ4v) is 3.09. The van der Waals surface area contributed by atoms with E-state index >= 15 is 0 Å². The van der Waals surface area contributed by atoms with Crippen LogP contribution < -0.4 is 4.74 Å². The molecular weight excluding hydrogens is 322 g/mol. The molecule has 0 saturated heterocycles. The van der Waals surface area contributed by atoms with E-state index in [9.17, 15) is 0 Å². The van der Waals surface area contributed by atoms with Crippen molar-refractivity contribution < 1.29 is 4.74 Å². The number of nitrogens with zero attached hydrogens (tertiary/aromatic N) is 3. The van der Waals surface area contributed by atoms with E-state index in [-0.39, 0.29) is 0 Å². The number of methoxy groups -OCH3 is 1. The Bertz CT molecular complexity index is 1110. The van der Waals surface area contributed by atoms with E-state index in [1.54, 1.807) is 7.11 Å². The molecule has 0 aliphatic carbocycles. The third-order valence-corrected chi connectivity index (χ3v) is 4.41. The zero-order chi connectivity index (χ0) is 18.1. The first-order valence-electron chi connectivity index (χ1n) is 8.51. The molecule has 0 unspecified atom stereocenters. The van der Waals surface area contributed by atoms with Crippen LogP contribution in [-0.2, 0) is 0 Å². The molecule has 128 valence electrons. The van der Waals surface area contributed by atoms with Crippen molar-refractivity contribution in [3.05, 3.63) is 71.9 Å². The number of benzene rings is 2. The van der Waals surface area contributed by atoms with Crippen LogP contribution in [0.1, 0.15) is 11.3 Å². The normalized spacial score (nSPS) is 10.9. The summed E-state index contributed by atoms with van der Waals surface area (Å²) in [5.74, 6) is 1.47. The van der Waals surface area contributed by atoms with Crippen LogP contribution in [0, 0.1) is 13.8 Å². The van der Waals surface area contributed by atoms with Crippen LogP contribution in [-0.4, -0.2) is 22.1 Å². The quantitative estimate of drug-likeness (QED) is 0.527. The van der Waals surface area contributed by atoms with E-state index in [0.29, 0.717) is 5.82 Å². The second-order valence-corrected chi connectivity index (χ2v) is 6.26. The number of rotatable bonds is 3. The van der Waals surface area contributed by atoms with Crippen molar-refractivity contribution >= 4 is 10.9 Å². The Kier molecular flexibility index (Phi) is 4.09. The monoisotopic (exact) mass is 341 g/mol. The molecule has 0 N–H and O–H groups in total. The van der Waals surface area contributed by atoms with Gasteiger partial charge in [-0.1, -0.05) is 24.3 Å². The lowest BCUT2D eigenvalue weighted by atomic mass is 10.0. The molecule has 4 nitrogen and oxygen atoms in total. The Morgan fingerprint density at radius 2 is 1.65 bits per heavy atom. The molecule has 4 heteroatoms. The second-order valence-electron chi connectivity index (χ2n) is 6.26. The summed E-state index contributed by atoms with van der Waals surface area (Å²) in [6.45, 7) is 4.04. The van der Waals surface area contributed by atoms with E-state index in [1.165, 1.54) is 0 Å². The van der Waals surface area contributed by atoms with Crippen LogP contribution >= 0.6 is 0 Å². The molecule has 0 radical (unpaired) electrons. The van der Waals surface area contributed by atoms with Crippen LogP contribution in [0.5, 0.6) is 5.75 Å². The third kappa shape index (κ3) is 2.90. The highest BCUT2D eigenvalue weighted by Gasteiger charge is 2.14. The first-order chi connectivity index (χ1) is 12.7. The summed E-state index contributed by atoms with van der Waals surface area (Å²) in [4.78, 5) is 14.2. The largest absolute Gasteiger partial charge is 0.497 e. The maximum absolute atomic E-state index is 5.34. The molecule has 4 rings (SSSR count). The highest BCUT2D eigenvalue weighted by Crippen LogP contribution is 2.32. The lowest BCUT2D eigenvalue weighted by Crippen LogP contribution is -1.98. The number of hydrogen-bond acceptors (Lipinski definition) is 4. The fourth-order valence-electron chi connectivity index (χ4n) is 3.09. The summed E-state index contributed by atoms with van der Waals surface area (Å²) in [5, 5.41) is 1.03. The summed E-state index contributed by atoms with van der Waals surface area (Å²) in [6.07, 6.45) is 0. The van der Waals surface area contributed by atoms with Crippen molar-refractivity contribution in [2.24, 2.45) is 0 Å². The van der Waals surface area contributed by atoms with Crippen molar-refractivity contribution in [1.29, 1.82) is 0 Å². The summed E-state index contributed by atoms with van der Waals surface area (Å²) in [5.41, 5.74) is 5.72. The highest BCUT2D eigenvalue weighted by molar-refractivity contribution is 5.94. The van der Waals surface area contributed by atoms with Gasteiger partial charge in [0.15, 0.2) is 5.82 Å². The number of aromatic nitrogens is 3. The number of pyridine rings is 1. The van der Waals surface area contributed by atoms with Crippen molar-refractivity contribution in [2.45, 2.75) is 13.8 Å². The van der Waals surface area contributed by atoms with Crippen molar-refractivity contribution in [3.63, 3.8) is 0 Å². The number of hydrogen-bond donors (Lipinski definition) is 0. The Labute approximate surface area is 152 Å². The van der Waals surface area contributed by atoms with Crippen molar-refractivity contribution in [1.82, 2.24) is 15.0 Å². The Hall–Kier alpha value is -3.27. The molecule has 2 aromatic heterocycles. The maximum atomic E-state index is 5.34. The van der Waals surface area contributed by atoms with Crippen molar-refractivity contribution in [2.75, 3.05) is 7.11 Å². The van der Waals surface area contributed by atoms with Crippen LogP contribution in [0.4, 0.5) is 0 Å². The number of para-hydroxylation sites is 1. The van der Waals surface area contributed by atoms with E-state index in [1.807, 2.05) is 55.5 Å². The maximum Gasteiger partial charge on any atom is 0.179 e. The van der Waals surface area contributed by atoms with Gasteiger partial charge in [-0.3, -0.25) is 0 Å². The van der Waals surface area contributed by atoms with Gasteiger partial charge >= 0.3 is 0 Å². The molecule has 0 spiro atoms. The molecule has 0 fully saturated rings. The minimum atomic E-state index is 0.637. The predicted octanol–water partition coefficient (Wildman–Crippen LogP) is 4.98. The summed E-state index contributed by atoms with van der Waals surface area (Å²) < 4.78 is 5.34. The van der Waals surface area contributed by atoms with Crippen LogP contribution in [0.25, 0.3) is 33.7 Å². The molecular formula is C22H19N3O. The van der Waals surface area contributed by atoms with Crippen LogP contribution in [0.2, 0.25) is 0 Å². The Morgan fingerprint density at radius 1 is 0.808 bits per heavy atom. The fraction of sp³-hybridized carbons (Fsp3) is 0.136. The molecule has 26 heavy (non-hydrogen) atoms. The molecule has 2 heterocycles. The standard InChI is InChI=1S/C22H19N3O/c1-14-13-16(26-3)11-12-17(14)21-18-8-4-5-9-19(18)24-22(25-21)20-10-6-7-15(2)23-20/h4-13H,1-3H3. The van der Waals surface area contributed by atoms with Gasteiger partial charge in [-0.15, -0.1) is 0 Å². The third-order valence-electron chi connectivity index (χ3n) is 4.41. The van der Waals surface area contributed by atoms with Gasteiger partial charge < -0.3 is 4.74 Å². The number of ether oxygens (including phenoxy) is 1. The minimum Gasteiger partial charge on any atom is -0.497 e. The molecule has 2 aromatic carbocycles. The van der Waals surface area contributed by atoms with Gasteiger partial charge in [-0.25, -0.2) is 15.0 Å². The Balaban J connectivity index is 1.99. The van der Waals surface area contributed by atoms with Gasteiger partial charge in [-0.05, 0) is 55.8 Å². The average molecular weight is 341 g/mol. The van der Waals surface area contributed by atoms with Crippen LogP contribution in [0.3, 0.4) is 0 Å². The number of fused-ring (bicyclic) bond motifs is 1. The average Bonchev–Trinajstić information content (AvgIpc) is 2.67. The van der Waals surface area contributed by atoms with Gasteiger partial charge in [0, 0.05) is 16.6 Å². The zero-order valence-corrected chi connectivity index (χ0v) is 15.0. The summed E-state index contributed by atoms with van der Waals surface area (Å²) >= 11 is 0. The van der Waals surface area contributed by atoms with E-state index in [2.05, 4.69) is 24.0 Å². The van der Waals surface area contributed by atoms with Gasteiger partial charge in [0.1, 0.15) is 11.4 Å². The molecule has 0 amide bonds. The highest BCUT2D eigenvalue weighted by atomic mass is 16.5. The zero-order valence-electron chi connectivity index (χ0n) is 15.0. The summed E-state index contributed by atoms with van der Waals surface area (Å²) in [7, 11) is 1.68. The first kappa shape index (κ1) is 16.2. The Morgan fingerprint density at radius 3 is 2.42 bits per heavy atom. The minimum absolute atomic E-state index is 0.637. The van der Waals surface area contributed by atoms with Gasteiger partial charge in [0.05, 0.1) is 18.3 Å². The number of aryl methyl sites for hydroxylation is 2. The first-order valence-corrected chi connectivity index (χ1v) is 8.51. The molecule has 0 atom stereocenters. The van der Waals surface area contributed by atoms with Gasteiger partial charge in [0.25, 0.3) is 0 Å². The lowest BCUT2D eigenvalue weighted by molar-refractivity contribution is 0.414. The smallest absolute Gasteiger partial charge is 0.179 e. The van der Waals surface area contributed by atoms with Crippen LogP contribution in [0.15, 0.2) is 60.7 Å². The predicted molar refractivity (Wildman–Crippen MR) is 104 cm³/mol. The van der Waals surface area contributed by atoms with Gasteiger partial charge in [-0.2, -0.15) is 0 Å². The lowest BCUT2D eigenvalue weighted by Gasteiger charge is -2.12. The molecule has 0 bridgehead atoms. The molecule has 4 aromatic rings.